The average Bonchev–Trinajstić information content (AvgIpc) is 2.16. The Morgan fingerprint density at radius 3 is 2.73 bits per heavy atom. The SMILES string of the molecule is CCN1CCOC(CNCC(C)(C)C)C1. The quantitative estimate of drug-likeness (QED) is 0.764. The van der Waals surface area contributed by atoms with E-state index < -0.39 is 0 Å². The van der Waals surface area contributed by atoms with E-state index in [9.17, 15) is 0 Å². The average molecular weight is 214 g/mol. The number of hydrogen-bond donors (Lipinski definition) is 1. The van der Waals surface area contributed by atoms with Gasteiger partial charge in [0.2, 0.25) is 0 Å². The van der Waals surface area contributed by atoms with Crippen molar-refractivity contribution in [2.45, 2.75) is 33.8 Å². The predicted molar refractivity (Wildman–Crippen MR) is 64.2 cm³/mol. The molecule has 1 fully saturated rings. The van der Waals surface area contributed by atoms with Gasteiger partial charge >= 0.3 is 0 Å². The first-order valence-corrected chi connectivity index (χ1v) is 6.06. The minimum absolute atomic E-state index is 0.360. The van der Waals surface area contributed by atoms with E-state index in [0.717, 1.165) is 39.3 Å². The first-order chi connectivity index (χ1) is 7.01. The van der Waals surface area contributed by atoms with Crippen LogP contribution >= 0.6 is 0 Å². The zero-order valence-electron chi connectivity index (χ0n) is 10.7. The molecule has 0 saturated carbocycles. The first kappa shape index (κ1) is 12.9. The molecule has 1 heterocycles. The van der Waals surface area contributed by atoms with Crippen molar-refractivity contribution >= 4 is 0 Å². The van der Waals surface area contributed by atoms with Crippen LogP contribution in [0, 0.1) is 5.41 Å². The normalized spacial score (nSPS) is 24.4. The summed E-state index contributed by atoms with van der Waals surface area (Å²) < 4.78 is 5.72. The van der Waals surface area contributed by atoms with E-state index in [1.165, 1.54) is 0 Å². The molecule has 0 spiro atoms. The van der Waals surface area contributed by atoms with Crippen LogP contribution < -0.4 is 5.32 Å². The molecule has 0 amide bonds. The highest BCUT2D eigenvalue weighted by Gasteiger charge is 2.19. The van der Waals surface area contributed by atoms with E-state index in [-0.39, 0.29) is 0 Å². The molecule has 1 unspecified atom stereocenters. The highest BCUT2D eigenvalue weighted by atomic mass is 16.5. The monoisotopic (exact) mass is 214 g/mol. The standard InChI is InChI=1S/C12H26N2O/c1-5-14-6-7-15-11(9-14)8-13-10-12(2,3)4/h11,13H,5-10H2,1-4H3. The molecule has 0 aromatic carbocycles. The minimum Gasteiger partial charge on any atom is -0.374 e. The maximum absolute atomic E-state index is 5.72. The molecule has 1 aliphatic rings. The van der Waals surface area contributed by atoms with E-state index in [0.29, 0.717) is 11.5 Å². The van der Waals surface area contributed by atoms with Gasteiger partial charge in [-0.2, -0.15) is 0 Å². The fraction of sp³-hybridized carbons (Fsp3) is 1.00. The zero-order chi connectivity index (χ0) is 11.3. The highest BCUT2D eigenvalue weighted by Crippen LogP contribution is 2.10. The molecule has 1 rings (SSSR count). The molecule has 0 aliphatic carbocycles. The molecule has 3 heteroatoms. The van der Waals surface area contributed by atoms with Crippen molar-refractivity contribution in [1.82, 2.24) is 10.2 Å². The lowest BCUT2D eigenvalue weighted by Crippen LogP contribution is -2.47. The van der Waals surface area contributed by atoms with E-state index in [1.54, 1.807) is 0 Å². The second-order valence-corrected chi connectivity index (χ2v) is 5.58. The van der Waals surface area contributed by atoms with Crippen molar-refractivity contribution in [1.29, 1.82) is 0 Å². The van der Waals surface area contributed by atoms with Gasteiger partial charge in [-0.25, -0.2) is 0 Å². The second kappa shape index (κ2) is 5.83. The summed E-state index contributed by atoms with van der Waals surface area (Å²) in [5.74, 6) is 0. The third kappa shape index (κ3) is 5.50. The Balaban J connectivity index is 2.15. The van der Waals surface area contributed by atoms with Crippen molar-refractivity contribution in [2.24, 2.45) is 5.41 Å². The van der Waals surface area contributed by atoms with Crippen molar-refractivity contribution in [3.63, 3.8) is 0 Å². The Morgan fingerprint density at radius 1 is 1.40 bits per heavy atom. The van der Waals surface area contributed by atoms with Crippen LogP contribution in [0.3, 0.4) is 0 Å². The van der Waals surface area contributed by atoms with Gasteiger partial charge < -0.3 is 10.1 Å². The van der Waals surface area contributed by atoms with Gasteiger partial charge in [0, 0.05) is 26.2 Å². The molecule has 0 radical (unpaired) electrons. The first-order valence-electron chi connectivity index (χ1n) is 6.06. The molecule has 90 valence electrons. The van der Waals surface area contributed by atoms with Gasteiger partial charge in [0.25, 0.3) is 0 Å². The van der Waals surface area contributed by atoms with Crippen LogP contribution in [-0.4, -0.2) is 50.3 Å². The van der Waals surface area contributed by atoms with Gasteiger partial charge in [-0.15, -0.1) is 0 Å². The molecule has 0 aromatic rings. The number of ether oxygens (including phenoxy) is 1. The van der Waals surface area contributed by atoms with Crippen LogP contribution in [0.25, 0.3) is 0 Å². The largest absolute Gasteiger partial charge is 0.374 e. The van der Waals surface area contributed by atoms with Gasteiger partial charge in [-0.05, 0) is 12.0 Å². The van der Waals surface area contributed by atoms with E-state index in [4.69, 9.17) is 4.74 Å². The number of nitrogens with zero attached hydrogens (tertiary/aromatic N) is 1. The smallest absolute Gasteiger partial charge is 0.0826 e. The number of hydrogen-bond acceptors (Lipinski definition) is 3. The predicted octanol–water partition coefficient (Wildman–Crippen LogP) is 1.34. The molecule has 1 aliphatic heterocycles. The fourth-order valence-corrected chi connectivity index (χ4v) is 1.80. The van der Waals surface area contributed by atoms with Crippen LogP contribution in [-0.2, 0) is 4.74 Å². The Bertz CT molecular complexity index is 177. The molecule has 0 aromatic heterocycles. The van der Waals surface area contributed by atoms with Gasteiger partial charge in [0.05, 0.1) is 12.7 Å². The highest BCUT2D eigenvalue weighted by molar-refractivity contribution is 4.74. The summed E-state index contributed by atoms with van der Waals surface area (Å²) in [6.07, 6.45) is 0.376. The minimum atomic E-state index is 0.360. The lowest BCUT2D eigenvalue weighted by atomic mass is 9.97. The molecular weight excluding hydrogens is 188 g/mol. The fourth-order valence-electron chi connectivity index (χ4n) is 1.80. The lowest BCUT2D eigenvalue weighted by molar-refractivity contribution is -0.0258. The maximum atomic E-state index is 5.72. The van der Waals surface area contributed by atoms with Crippen LogP contribution in [0.5, 0.6) is 0 Å². The maximum Gasteiger partial charge on any atom is 0.0826 e. The number of nitrogens with one attached hydrogen (secondary N) is 1. The van der Waals surface area contributed by atoms with Crippen LogP contribution in [0.2, 0.25) is 0 Å². The Kier molecular flexibility index (Phi) is 5.03. The summed E-state index contributed by atoms with van der Waals surface area (Å²) in [4.78, 5) is 2.45. The number of morpholine rings is 1. The van der Waals surface area contributed by atoms with Crippen molar-refractivity contribution < 1.29 is 4.74 Å². The van der Waals surface area contributed by atoms with Crippen molar-refractivity contribution in [3.05, 3.63) is 0 Å². The third-order valence-corrected chi connectivity index (χ3v) is 2.70. The topological polar surface area (TPSA) is 24.5 Å². The van der Waals surface area contributed by atoms with Gasteiger partial charge in [0.15, 0.2) is 0 Å². The Morgan fingerprint density at radius 2 is 2.13 bits per heavy atom. The summed E-state index contributed by atoms with van der Waals surface area (Å²) in [6, 6.07) is 0. The summed E-state index contributed by atoms with van der Waals surface area (Å²) in [5.41, 5.74) is 0.360. The van der Waals surface area contributed by atoms with E-state index in [1.807, 2.05) is 0 Å². The van der Waals surface area contributed by atoms with E-state index >= 15 is 0 Å². The lowest BCUT2D eigenvalue weighted by Gasteiger charge is -2.32. The van der Waals surface area contributed by atoms with Crippen LogP contribution in [0.4, 0.5) is 0 Å². The van der Waals surface area contributed by atoms with Crippen LogP contribution in [0.1, 0.15) is 27.7 Å². The summed E-state index contributed by atoms with van der Waals surface area (Å²) in [7, 11) is 0. The molecule has 3 nitrogen and oxygen atoms in total. The summed E-state index contributed by atoms with van der Waals surface area (Å²) in [5, 5.41) is 3.49. The van der Waals surface area contributed by atoms with Gasteiger partial charge in [-0.3, -0.25) is 4.90 Å². The van der Waals surface area contributed by atoms with Crippen molar-refractivity contribution in [3.8, 4) is 0 Å². The summed E-state index contributed by atoms with van der Waals surface area (Å²) >= 11 is 0. The molecule has 1 saturated heterocycles. The number of likely N-dealkylation sites (N-methyl/N-ethyl adjacent to an activating group) is 1. The van der Waals surface area contributed by atoms with Gasteiger partial charge in [-0.1, -0.05) is 27.7 Å². The van der Waals surface area contributed by atoms with E-state index in [2.05, 4.69) is 37.9 Å². The summed E-state index contributed by atoms with van der Waals surface area (Å²) in [6.45, 7) is 15.2. The third-order valence-electron chi connectivity index (χ3n) is 2.70. The second-order valence-electron chi connectivity index (χ2n) is 5.58. The molecule has 0 bridgehead atoms. The van der Waals surface area contributed by atoms with Crippen molar-refractivity contribution in [2.75, 3.05) is 39.3 Å². The molecular formula is C12H26N2O. The van der Waals surface area contributed by atoms with Gasteiger partial charge in [0.1, 0.15) is 0 Å². The molecule has 1 atom stereocenters. The Hall–Kier alpha value is -0.120. The Labute approximate surface area is 94.2 Å². The molecule has 15 heavy (non-hydrogen) atoms. The number of rotatable bonds is 4. The molecule has 1 N–H and O–H groups in total. The van der Waals surface area contributed by atoms with Crippen LogP contribution in [0.15, 0.2) is 0 Å². The zero-order valence-corrected chi connectivity index (χ0v) is 10.7.